The molecule has 0 atom stereocenters. The van der Waals surface area contributed by atoms with Gasteiger partial charge in [-0.15, -0.1) is 0 Å². The Labute approximate surface area is 47.5 Å². The molecule has 1 rings (SSSR count). The Kier molecular flexibility index (Phi) is 1.88. The van der Waals surface area contributed by atoms with Crippen molar-refractivity contribution in [1.82, 2.24) is 0 Å². The molecule has 0 spiro atoms. The first kappa shape index (κ1) is 5.02. The normalized spacial score (nSPS) is 22.5. The van der Waals surface area contributed by atoms with Gasteiger partial charge in [0.1, 0.15) is 0 Å². The quantitative estimate of drug-likeness (QED) is 0.541. The molecule has 0 amide bonds. The van der Waals surface area contributed by atoms with E-state index in [1.165, 1.54) is 0 Å². The Bertz CT molecular complexity index is 37.2. The van der Waals surface area contributed by atoms with Gasteiger partial charge in [0.2, 0.25) is 0 Å². The average Bonchev–Trinajstić information content (AvgIpc) is 1.86. The number of hydrogen-bond acceptors (Lipinski definition) is 0. The van der Waals surface area contributed by atoms with Crippen LogP contribution in [0, 0.1) is 0 Å². The van der Waals surface area contributed by atoms with Crippen molar-refractivity contribution in [2.24, 2.45) is 0 Å². The molecular formula is C5H11In. The molecule has 1 heterocycles. The van der Waals surface area contributed by atoms with E-state index >= 15 is 0 Å². The summed E-state index contributed by atoms with van der Waals surface area (Å²) in [5.41, 5.74) is 0. The summed E-state index contributed by atoms with van der Waals surface area (Å²) in [6.45, 7) is 0. The molecular weight excluding hydrogens is 175 g/mol. The molecule has 0 aromatic heterocycles. The van der Waals surface area contributed by atoms with Crippen molar-refractivity contribution in [2.75, 3.05) is 0 Å². The first-order chi connectivity index (χ1) is 2.89. The van der Waals surface area contributed by atoms with Crippen molar-refractivity contribution in [1.29, 1.82) is 0 Å². The molecule has 1 fully saturated rings. The van der Waals surface area contributed by atoms with Crippen molar-refractivity contribution < 1.29 is 0 Å². The molecule has 0 bridgehead atoms. The molecule has 1 saturated heterocycles. The van der Waals surface area contributed by atoms with E-state index in [9.17, 15) is 0 Å². The molecule has 1 aliphatic rings. The zero-order valence-electron chi connectivity index (χ0n) is 4.41. The van der Waals surface area contributed by atoms with E-state index in [1.54, 1.807) is 21.2 Å². The molecule has 6 heavy (non-hydrogen) atoms. The molecule has 0 aliphatic carbocycles. The average molecular weight is 186 g/mol. The van der Waals surface area contributed by atoms with Crippen LogP contribution in [0.3, 0.4) is 0 Å². The molecule has 0 aromatic rings. The van der Waals surface area contributed by atoms with E-state index in [0.717, 1.165) is 0 Å². The van der Waals surface area contributed by atoms with Gasteiger partial charge < -0.3 is 0 Å². The summed E-state index contributed by atoms with van der Waals surface area (Å²) in [5, 5.41) is 0. The van der Waals surface area contributed by atoms with Crippen LogP contribution in [0.4, 0.5) is 0 Å². The Morgan fingerprint density at radius 1 is 1.17 bits per heavy atom. The molecule has 0 saturated carbocycles. The van der Waals surface area contributed by atoms with Crippen LogP contribution in [-0.2, 0) is 0 Å². The zero-order chi connectivity index (χ0) is 4.41. The van der Waals surface area contributed by atoms with Crippen molar-refractivity contribution >= 4 is 21.4 Å². The van der Waals surface area contributed by atoms with Crippen LogP contribution >= 0.6 is 0 Å². The molecule has 0 unspecified atom stereocenters. The monoisotopic (exact) mass is 186 g/mol. The van der Waals surface area contributed by atoms with E-state index in [2.05, 4.69) is 4.68 Å². The van der Waals surface area contributed by atoms with Crippen LogP contribution in [0.2, 0.25) is 13.0 Å². The molecule has 34 valence electrons. The van der Waals surface area contributed by atoms with Gasteiger partial charge >= 0.3 is 47.3 Å². The molecule has 0 N–H and O–H groups in total. The fourth-order valence-electron chi connectivity index (χ4n) is 1.13. The second kappa shape index (κ2) is 2.25. The standard InChI is InChI=1S/C4H8.CH3.In/c1-3-4-2;;/h1-4H2;1H3;. The third-order valence-corrected chi connectivity index (χ3v) is 9.60. The third-order valence-electron chi connectivity index (χ3n) is 1.64. The van der Waals surface area contributed by atoms with E-state index in [1.807, 2.05) is 0 Å². The second-order valence-corrected chi connectivity index (χ2v) is 12.0. The number of rotatable bonds is 0. The molecule has 0 radical (unpaired) electrons. The van der Waals surface area contributed by atoms with Gasteiger partial charge in [-0.3, -0.25) is 0 Å². The first-order valence-corrected chi connectivity index (χ1v) is 10.9. The van der Waals surface area contributed by atoms with Crippen LogP contribution in [-0.4, -0.2) is 21.4 Å². The van der Waals surface area contributed by atoms with Gasteiger partial charge in [-0.05, 0) is 0 Å². The Morgan fingerprint density at radius 2 is 1.67 bits per heavy atom. The maximum absolute atomic E-state index is 2.55. The van der Waals surface area contributed by atoms with Gasteiger partial charge in [0.05, 0.1) is 0 Å². The summed E-state index contributed by atoms with van der Waals surface area (Å²) in [4.78, 5) is 0. The van der Waals surface area contributed by atoms with Gasteiger partial charge in [0.15, 0.2) is 0 Å². The van der Waals surface area contributed by atoms with Crippen LogP contribution in [0.15, 0.2) is 0 Å². The Morgan fingerprint density at radius 3 is 1.83 bits per heavy atom. The van der Waals surface area contributed by atoms with E-state index in [4.69, 9.17) is 0 Å². The van der Waals surface area contributed by atoms with Crippen molar-refractivity contribution in [2.45, 2.75) is 25.9 Å². The molecule has 0 nitrogen and oxygen atoms in total. The minimum absolute atomic E-state index is 0.610. The minimum atomic E-state index is -0.610. The summed E-state index contributed by atoms with van der Waals surface area (Å²) in [6.07, 6.45) is 3.16. The zero-order valence-corrected chi connectivity index (χ0v) is 7.70. The van der Waals surface area contributed by atoms with Crippen molar-refractivity contribution in [3.63, 3.8) is 0 Å². The number of hydrogen-bond donors (Lipinski definition) is 0. The summed E-state index contributed by atoms with van der Waals surface area (Å²) in [6, 6.07) is 0. The van der Waals surface area contributed by atoms with E-state index in [-0.39, 0.29) is 0 Å². The summed E-state index contributed by atoms with van der Waals surface area (Å²) >= 11 is -0.610. The first-order valence-electron chi connectivity index (χ1n) is 2.89. The van der Waals surface area contributed by atoms with Gasteiger partial charge in [-0.1, -0.05) is 0 Å². The SMILES string of the molecule is [CH3][In]1[CH2]CC[CH2]1. The van der Waals surface area contributed by atoms with E-state index < -0.39 is 21.4 Å². The second-order valence-electron chi connectivity index (χ2n) is 2.39. The van der Waals surface area contributed by atoms with Crippen LogP contribution in [0.25, 0.3) is 0 Å². The van der Waals surface area contributed by atoms with Crippen molar-refractivity contribution in [3.05, 3.63) is 0 Å². The third kappa shape index (κ3) is 1.18. The summed E-state index contributed by atoms with van der Waals surface area (Å²) in [7, 11) is 0. The van der Waals surface area contributed by atoms with Gasteiger partial charge in [-0.25, -0.2) is 0 Å². The van der Waals surface area contributed by atoms with Crippen LogP contribution in [0.5, 0.6) is 0 Å². The Hall–Kier alpha value is 0.870. The van der Waals surface area contributed by atoms with E-state index in [0.29, 0.717) is 0 Å². The summed E-state index contributed by atoms with van der Waals surface area (Å²) < 4.78 is 5.94. The molecule has 0 aromatic carbocycles. The Balaban J connectivity index is 2.18. The maximum atomic E-state index is 2.55. The summed E-state index contributed by atoms with van der Waals surface area (Å²) in [5.74, 6) is 0. The fraction of sp³-hybridized carbons (Fsp3) is 1.00. The van der Waals surface area contributed by atoms with Gasteiger partial charge in [-0.2, -0.15) is 0 Å². The van der Waals surface area contributed by atoms with Gasteiger partial charge in [0.25, 0.3) is 0 Å². The molecule has 1 aliphatic heterocycles. The predicted octanol–water partition coefficient (Wildman–Crippen LogP) is 1.90. The van der Waals surface area contributed by atoms with Crippen molar-refractivity contribution in [3.8, 4) is 0 Å². The van der Waals surface area contributed by atoms with Crippen LogP contribution in [0.1, 0.15) is 12.8 Å². The molecule has 1 heteroatoms. The predicted molar refractivity (Wildman–Crippen MR) is 30.5 cm³/mol. The van der Waals surface area contributed by atoms with Gasteiger partial charge in [0, 0.05) is 0 Å². The fourth-order valence-corrected chi connectivity index (χ4v) is 7.58. The topological polar surface area (TPSA) is 0 Å². The van der Waals surface area contributed by atoms with Crippen LogP contribution < -0.4 is 0 Å².